The minimum Gasteiger partial charge on any atom is -0.396 e. The Kier molecular flexibility index (Phi) is 7.56. The van der Waals surface area contributed by atoms with Crippen LogP contribution in [0, 0.1) is 0 Å². The number of sulfonamides is 1. The minimum atomic E-state index is -4.21. The molecule has 11 nitrogen and oxygen atoms in total. The van der Waals surface area contributed by atoms with E-state index >= 15 is 0 Å². The quantitative estimate of drug-likeness (QED) is 0.0652. The second-order valence-electron chi connectivity index (χ2n) is 5.50. The summed E-state index contributed by atoms with van der Waals surface area (Å²) < 4.78 is 27.8. The molecule has 0 spiro atoms. The minimum absolute atomic E-state index is 0.00184. The Bertz CT molecular complexity index is 966. The lowest BCUT2D eigenvalue weighted by Gasteiger charge is -2.18. The zero-order valence-corrected chi connectivity index (χ0v) is 16.4. The van der Waals surface area contributed by atoms with Crippen molar-refractivity contribution in [2.45, 2.75) is 16.2 Å². The van der Waals surface area contributed by atoms with E-state index in [0.29, 0.717) is 29.0 Å². The van der Waals surface area contributed by atoms with E-state index < -0.39 is 10.0 Å². The number of aliphatic hydroxyl groups excluding tert-OH is 1. The third-order valence-electron chi connectivity index (χ3n) is 3.60. The summed E-state index contributed by atoms with van der Waals surface area (Å²) in [6.45, 7) is 0.452. The van der Waals surface area contributed by atoms with Crippen LogP contribution in [0.3, 0.4) is 0 Å². The van der Waals surface area contributed by atoms with Crippen molar-refractivity contribution in [1.82, 2.24) is 15.2 Å². The smallest absolute Gasteiger partial charge is 0.239 e. The highest BCUT2D eigenvalue weighted by molar-refractivity contribution is 7.98. The fourth-order valence-corrected chi connectivity index (χ4v) is 4.51. The van der Waals surface area contributed by atoms with Crippen LogP contribution in [0.5, 0.6) is 0 Å². The highest BCUT2D eigenvalue weighted by atomic mass is 32.2. The predicted octanol–water partition coefficient (Wildman–Crippen LogP) is -0.959. The zero-order chi connectivity index (χ0) is 20.7. The zero-order valence-electron chi connectivity index (χ0n) is 14.8. The first kappa shape index (κ1) is 21.9. The van der Waals surface area contributed by atoms with Crippen molar-refractivity contribution in [2.24, 2.45) is 21.8 Å². The van der Waals surface area contributed by atoms with Gasteiger partial charge in [-0.3, -0.25) is 4.72 Å². The summed E-state index contributed by atoms with van der Waals surface area (Å²) in [5, 5.41) is 18.1. The van der Waals surface area contributed by atoms with Crippen LogP contribution in [0.1, 0.15) is 12.0 Å². The highest BCUT2D eigenvalue weighted by Gasteiger charge is 2.26. The fourth-order valence-electron chi connectivity index (χ4n) is 2.46. The Morgan fingerprint density at radius 3 is 2.64 bits per heavy atom. The van der Waals surface area contributed by atoms with E-state index in [1.54, 1.807) is 24.3 Å². The Labute approximate surface area is 166 Å². The summed E-state index contributed by atoms with van der Waals surface area (Å²) in [6, 6.07) is 6.54. The molecular formula is C15H22N8O3S2. The lowest BCUT2D eigenvalue weighted by Crippen LogP contribution is -2.27. The van der Waals surface area contributed by atoms with Gasteiger partial charge in [-0.15, -0.1) is 5.10 Å². The van der Waals surface area contributed by atoms with Crippen LogP contribution >= 0.6 is 11.9 Å². The molecule has 0 radical (unpaired) electrons. The summed E-state index contributed by atoms with van der Waals surface area (Å²) >= 11 is 1.04. The third kappa shape index (κ3) is 5.09. The first-order valence-corrected chi connectivity index (χ1v) is 10.4. The SMILES string of the molecule is NN/N=C(\N)c1c(-c2cccnc2N)ccc(SNCCCO)c1S(N)(=O)=O. The Balaban J connectivity index is 2.75. The molecule has 0 fully saturated rings. The van der Waals surface area contributed by atoms with Gasteiger partial charge in [-0.05, 0) is 42.1 Å². The van der Waals surface area contributed by atoms with Crippen molar-refractivity contribution in [3.05, 3.63) is 36.0 Å². The number of pyridine rings is 1. The molecule has 2 aromatic rings. The number of aromatic nitrogens is 1. The summed E-state index contributed by atoms with van der Waals surface area (Å²) in [6.07, 6.45) is 2.00. The number of nitrogen functional groups attached to an aromatic ring is 1. The normalized spacial score (nSPS) is 12.2. The van der Waals surface area contributed by atoms with Gasteiger partial charge in [0.2, 0.25) is 10.0 Å². The number of amidine groups is 1. The third-order valence-corrected chi connectivity index (χ3v) is 5.63. The Hall–Kier alpha value is -2.42. The van der Waals surface area contributed by atoms with Gasteiger partial charge in [-0.2, -0.15) is 0 Å². The average molecular weight is 427 g/mol. The number of hydrogen-bond donors (Lipinski definition) is 7. The molecule has 2 rings (SSSR count). The van der Waals surface area contributed by atoms with Crippen molar-refractivity contribution >= 4 is 33.6 Å². The molecule has 13 heteroatoms. The van der Waals surface area contributed by atoms with E-state index in [9.17, 15) is 8.42 Å². The van der Waals surface area contributed by atoms with Crippen LogP contribution in [0.25, 0.3) is 11.1 Å². The number of rotatable bonds is 9. The van der Waals surface area contributed by atoms with Gasteiger partial charge in [0.25, 0.3) is 0 Å². The number of hydrazone groups is 1. The van der Waals surface area contributed by atoms with Crippen molar-refractivity contribution in [3.63, 3.8) is 0 Å². The molecule has 1 heterocycles. The van der Waals surface area contributed by atoms with Crippen molar-refractivity contribution in [2.75, 3.05) is 18.9 Å². The first-order chi connectivity index (χ1) is 13.3. The van der Waals surface area contributed by atoms with Crippen LogP contribution in [0.2, 0.25) is 0 Å². The second kappa shape index (κ2) is 9.68. The number of nitrogens with zero attached hydrogens (tertiary/aromatic N) is 2. The molecule has 0 atom stereocenters. The van der Waals surface area contributed by atoms with Crippen LogP contribution < -0.4 is 32.7 Å². The number of anilines is 1. The van der Waals surface area contributed by atoms with Gasteiger partial charge in [0.1, 0.15) is 10.7 Å². The molecule has 0 aliphatic heterocycles. The summed E-state index contributed by atoms with van der Waals surface area (Å²) in [7, 11) is -4.21. The summed E-state index contributed by atoms with van der Waals surface area (Å²) in [5.74, 6) is 5.21. The van der Waals surface area contributed by atoms with Crippen LogP contribution in [-0.4, -0.2) is 37.5 Å². The predicted molar refractivity (Wildman–Crippen MR) is 109 cm³/mol. The number of hydrogen-bond acceptors (Lipinski definition) is 10. The standard InChI is InChI=1S/C15H22N8O3S2/c16-14-10(3-1-6-20-14)9-4-5-11(27-21-7-2-8-24)13(28(19,25)26)12(9)15(17)22-23-18/h1,3-6,21,23-24H,2,7-8,18H2,(H2,16,20)(H2,17,22)(H2,19,25,26). The van der Waals surface area contributed by atoms with Crippen molar-refractivity contribution < 1.29 is 13.5 Å². The molecule has 0 unspecified atom stereocenters. The Morgan fingerprint density at radius 2 is 2.04 bits per heavy atom. The topological polar surface area (TPSA) is 208 Å². The van der Waals surface area contributed by atoms with E-state index in [1.807, 2.05) is 5.53 Å². The van der Waals surface area contributed by atoms with Gasteiger partial charge in [-0.25, -0.2) is 29.9 Å². The molecule has 0 bridgehead atoms. The molecule has 0 amide bonds. The van der Waals surface area contributed by atoms with E-state index in [0.717, 1.165) is 11.9 Å². The van der Waals surface area contributed by atoms with Gasteiger partial charge in [0.15, 0.2) is 5.84 Å². The van der Waals surface area contributed by atoms with Crippen LogP contribution in [0.4, 0.5) is 5.82 Å². The maximum Gasteiger partial charge on any atom is 0.239 e. The van der Waals surface area contributed by atoms with E-state index in [4.69, 9.17) is 27.6 Å². The number of benzene rings is 1. The monoisotopic (exact) mass is 426 g/mol. The summed E-state index contributed by atoms with van der Waals surface area (Å²) in [4.78, 5) is 4.09. The van der Waals surface area contributed by atoms with Crippen LogP contribution in [0.15, 0.2) is 45.4 Å². The molecule has 1 aromatic heterocycles. The molecule has 0 aliphatic carbocycles. The van der Waals surface area contributed by atoms with Gasteiger partial charge < -0.3 is 16.6 Å². The average Bonchev–Trinajstić information content (AvgIpc) is 2.64. The second-order valence-corrected chi connectivity index (χ2v) is 7.93. The number of nitrogens with two attached hydrogens (primary N) is 4. The van der Waals surface area contributed by atoms with Crippen molar-refractivity contribution in [3.8, 4) is 11.1 Å². The lowest BCUT2D eigenvalue weighted by molar-refractivity contribution is 0.290. The fraction of sp³-hybridized carbons (Fsp3) is 0.200. The highest BCUT2D eigenvalue weighted by Crippen LogP contribution is 2.36. The molecule has 0 saturated carbocycles. The van der Waals surface area contributed by atoms with Crippen molar-refractivity contribution in [1.29, 1.82) is 0 Å². The van der Waals surface area contributed by atoms with Gasteiger partial charge in [-0.1, -0.05) is 6.07 Å². The molecular weight excluding hydrogens is 404 g/mol. The molecule has 152 valence electrons. The van der Waals surface area contributed by atoms with Gasteiger partial charge >= 0.3 is 0 Å². The van der Waals surface area contributed by atoms with E-state index in [-0.39, 0.29) is 28.7 Å². The summed E-state index contributed by atoms with van der Waals surface area (Å²) in [5.41, 5.74) is 14.9. The molecule has 28 heavy (non-hydrogen) atoms. The number of hydrazine groups is 1. The Morgan fingerprint density at radius 1 is 1.29 bits per heavy atom. The first-order valence-electron chi connectivity index (χ1n) is 8.01. The number of primary sulfonamides is 1. The molecule has 11 N–H and O–H groups in total. The molecule has 0 saturated heterocycles. The largest absolute Gasteiger partial charge is 0.396 e. The number of nitrogens with one attached hydrogen (secondary N) is 2. The van der Waals surface area contributed by atoms with Gasteiger partial charge in [0.05, 0.1) is 0 Å². The maximum absolute atomic E-state index is 12.4. The lowest BCUT2D eigenvalue weighted by atomic mass is 9.99. The number of aliphatic hydroxyl groups is 1. The molecule has 0 aliphatic rings. The molecule has 1 aromatic carbocycles. The van der Waals surface area contributed by atoms with Gasteiger partial charge in [0, 0.05) is 35.4 Å². The maximum atomic E-state index is 12.4. The van der Waals surface area contributed by atoms with E-state index in [2.05, 4.69) is 14.8 Å². The van der Waals surface area contributed by atoms with E-state index in [1.165, 1.54) is 6.20 Å². The van der Waals surface area contributed by atoms with Crippen LogP contribution in [-0.2, 0) is 10.0 Å².